The van der Waals surface area contributed by atoms with Gasteiger partial charge in [-0.25, -0.2) is 0 Å². The fourth-order valence-corrected chi connectivity index (χ4v) is 2.28. The van der Waals surface area contributed by atoms with Gasteiger partial charge in [-0.3, -0.25) is 4.79 Å². The van der Waals surface area contributed by atoms with Crippen molar-refractivity contribution in [1.82, 2.24) is 0 Å². The minimum atomic E-state index is -0.141. The Bertz CT molecular complexity index is 454. The number of rotatable bonds is 2. The molecule has 1 aliphatic rings. The van der Waals surface area contributed by atoms with E-state index >= 15 is 0 Å². The van der Waals surface area contributed by atoms with Crippen LogP contribution in [0.1, 0.15) is 23.2 Å². The molecule has 0 N–H and O–H groups in total. The van der Waals surface area contributed by atoms with Crippen LogP contribution in [0.4, 0.5) is 0 Å². The minimum absolute atomic E-state index is 0.141. The summed E-state index contributed by atoms with van der Waals surface area (Å²) in [6.07, 6.45) is 3.67. The van der Waals surface area contributed by atoms with Gasteiger partial charge in [0.15, 0.2) is 5.76 Å². The molecular weight excluding hydrogens is 291 g/mol. The molecule has 16 heavy (non-hydrogen) atoms. The van der Waals surface area contributed by atoms with Gasteiger partial charge in [-0.1, -0.05) is 27.5 Å². The number of ketones is 1. The molecule has 1 heterocycles. The van der Waals surface area contributed by atoms with Crippen LogP contribution < -0.4 is 0 Å². The molecule has 84 valence electrons. The van der Waals surface area contributed by atoms with Gasteiger partial charge in [-0.15, -0.1) is 0 Å². The highest BCUT2D eigenvalue weighted by Gasteiger charge is 2.18. The third-order valence-corrected chi connectivity index (χ3v) is 3.14. The zero-order chi connectivity index (χ0) is 11.5. The Morgan fingerprint density at radius 2 is 2.25 bits per heavy atom. The number of hydrogen-bond donors (Lipinski definition) is 0. The summed E-state index contributed by atoms with van der Waals surface area (Å²) in [5.74, 6) is 0.271. The first-order chi connectivity index (χ1) is 7.68. The van der Waals surface area contributed by atoms with Crippen molar-refractivity contribution in [3.05, 3.63) is 45.1 Å². The smallest absolute Gasteiger partial charge is 0.228 e. The molecule has 0 saturated heterocycles. The monoisotopic (exact) mass is 300 g/mol. The van der Waals surface area contributed by atoms with E-state index < -0.39 is 0 Å². The Labute approximate surface area is 107 Å². The third-order valence-electron chi connectivity index (χ3n) is 2.34. The van der Waals surface area contributed by atoms with Crippen LogP contribution in [-0.4, -0.2) is 12.4 Å². The fourth-order valence-electron chi connectivity index (χ4n) is 1.52. The van der Waals surface area contributed by atoms with E-state index in [9.17, 15) is 4.79 Å². The fraction of sp³-hybridized carbons (Fsp3) is 0.250. The van der Waals surface area contributed by atoms with Crippen LogP contribution in [0.15, 0.2) is 34.5 Å². The van der Waals surface area contributed by atoms with Crippen molar-refractivity contribution in [2.75, 3.05) is 6.61 Å². The average molecular weight is 302 g/mol. The van der Waals surface area contributed by atoms with E-state index in [2.05, 4.69) is 15.9 Å². The van der Waals surface area contributed by atoms with E-state index in [1.807, 2.05) is 6.08 Å². The van der Waals surface area contributed by atoms with Gasteiger partial charge in [-0.05, 0) is 37.1 Å². The maximum Gasteiger partial charge on any atom is 0.228 e. The molecule has 1 aliphatic heterocycles. The molecule has 0 bridgehead atoms. The molecule has 0 fully saturated rings. The van der Waals surface area contributed by atoms with E-state index in [4.69, 9.17) is 16.3 Å². The second-order valence-corrected chi connectivity index (χ2v) is 4.84. The van der Waals surface area contributed by atoms with Crippen molar-refractivity contribution in [3.63, 3.8) is 0 Å². The zero-order valence-corrected chi connectivity index (χ0v) is 10.8. The molecule has 0 spiro atoms. The highest BCUT2D eigenvalue weighted by Crippen LogP contribution is 2.25. The highest BCUT2D eigenvalue weighted by molar-refractivity contribution is 9.10. The predicted molar refractivity (Wildman–Crippen MR) is 66.8 cm³/mol. The van der Waals surface area contributed by atoms with Crippen molar-refractivity contribution < 1.29 is 9.53 Å². The molecule has 2 rings (SSSR count). The molecule has 0 aromatic heterocycles. The number of benzene rings is 1. The summed E-state index contributed by atoms with van der Waals surface area (Å²) in [7, 11) is 0. The van der Waals surface area contributed by atoms with Crippen molar-refractivity contribution in [1.29, 1.82) is 0 Å². The first-order valence-corrected chi connectivity index (χ1v) is 6.18. The van der Waals surface area contributed by atoms with Gasteiger partial charge in [-0.2, -0.15) is 0 Å². The van der Waals surface area contributed by atoms with Crippen LogP contribution in [0.2, 0.25) is 5.02 Å². The summed E-state index contributed by atoms with van der Waals surface area (Å²) < 4.78 is 6.17. The van der Waals surface area contributed by atoms with E-state index in [0.29, 0.717) is 23.0 Å². The topological polar surface area (TPSA) is 26.3 Å². The van der Waals surface area contributed by atoms with Gasteiger partial charge in [0.25, 0.3) is 0 Å². The number of hydrogen-bond acceptors (Lipinski definition) is 2. The Kier molecular flexibility index (Phi) is 3.66. The van der Waals surface area contributed by atoms with Gasteiger partial charge < -0.3 is 4.74 Å². The van der Waals surface area contributed by atoms with E-state index in [0.717, 1.165) is 17.3 Å². The lowest BCUT2D eigenvalue weighted by Gasteiger charge is -2.14. The zero-order valence-electron chi connectivity index (χ0n) is 8.50. The Morgan fingerprint density at radius 3 is 2.88 bits per heavy atom. The van der Waals surface area contributed by atoms with Crippen molar-refractivity contribution in [2.24, 2.45) is 0 Å². The predicted octanol–water partition coefficient (Wildman–Crippen LogP) is 3.98. The Balaban J connectivity index is 2.30. The number of carbonyl (C=O) groups excluding carboxylic acids is 1. The van der Waals surface area contributed by atoms with Crippen LogP contribution in [-0.2, 0) is 4.74 Å². The lowest BCUT2D eigenvalue weighted by molar-refractivity contribution is 0.0899. The summed E-state index contributed by atoms with van der Waals surface area (Å²) in [5, 5.41) is 0.439. The quantitative estimate of drug-likeness (QED) is 0.772. The normalized spacial score (nSPS) is 15.2. The highest BCUT2D eigenvalue weighted by atomic mass is 79.9. The number of Topliss-reactive ketones (excluding diaryl/α,β-unsaturated/α-hetero) is 1. The van der Waals surface area contributed by atoms with Gasteiger partial charge in [0, 0.05) is 10.0 Å². The van der Waals surface area contributed by atoms with Crippen LogP contribution in [0.3, 0.4) is 0 Å². The number of allylic oxidation sites excluding steroid dienone is 2. The molecule has 0 radical (unpaired) electrons. The minimum Gasteiger partial charge on any atom is -0.490 e. The van der Waals surface area contributed by atoms with E-state index in [1.165, 1.54) is 0 Å². The van der Waals surface area contributed by atoms with Gasteiger partial charge in [0.2, 0.25) is 5.78 Å². The van der Waals surface area contributed by atoms with Crippen LogP contribution in [0.25, 0.3) is 0 Å². The van der Waals surface area contributed by atoms with Crippen molar-refractivity contribution in [2.45, 2.75) is 12.8 Å². The van der Waals surface area contributed by atoms with Crippen LogP contribution in [0.5, 0.6) is 0 Å². The van der Waals surface area contributed by atoms with Crippen LogP contribution in [0, 0.1) is 0 Å². The lowest BCUT2D eigenvalue weighted by atomic mass is 10.1. The number of ether oxygens (including phenoxy) is 1. The molecule has 0 saturated carbocycles. The summed E-state index contributed by atoms with van der Waals surface area (Å²) in [4.78, 5) is 12.0. The van der Waals surface area contributed by atoms with Gasteiger partial charge in [0.05, 0.1) is 11.6 Å². The molecular formula is C12H10BrClO2. The largest absolute Gasteiger partial charge is 0.490 e. The summed E-state index contributed by atoms with van der Waals surface area (Å²) >= 11 is 9.31. The average Bonchev–Trinajstić information content (AvgIpc) is 2.29. The van der Waals surface area contributed by atoms with E-state index in [-0.39, 0.29) is 5.78 Å². The Morgan fingerprint density at radius 1 is 1.44 bits per heavy atom. The van der Waals surface area contributed by atoms with E-state index in [1.54, 1.807) is 18.2 Å². The summed E-state index contributed by atoms with van der Waals surface area (Å²) in [6.45, 7) is 0.603. The molecule has 0 atom stereocenters. The van der Waals surface area contributed by atoms with Crippen molar-refractivity contribution in [3.8, 4) is 0 Å². The number of halogens is 2. The SMILES string of the molecule is O=C(C1=CCCCO1)c1ccc(Br)cc1Cl. The molecule has 2 nitrogen and oxygen atoms in total. The summed E-state index contributed by atoms with van der Waals surface area (Å²) in [5.41, 5.74) is 0.484. The lowest BCUT2D eigenvalue weighted by Crippen LogP contribution is -2.11. The Hall–Kier alpha value is -0.800. The third kappa shape index (κ3) is 2.47. The maximum absolute atomic E-state index is 12.0. The number of carbonyl (C=O) groups is 1. The molecule has 0 unspecified atom stereocenters. The summed E-state index contributed by atoms with van der Waals surface area (Å²) in [6, 6.07) is 5.20. The second-order valence-electron chi connectivity index (χ2n) is 3.51. The molecule has 4 heteroatoms. The first kappa shape index (κ1) is 11.7. The van der Waals surface area contributed by atoms with Gasteiger partial charge >= 0.3 is 0 Å². The van der Waals surface area contributed by atoms with Gasteiger partial charge in [0.1, 0.15) is 0 Å². The second kappa shape index (κ2) is 5.02. The molecule has 0 aliphatic carbocycles. The molecule has 1 aromatic rings. The molecule has 1 aromatic carbocycles. The van der Waals surface area contributed by atoms with Crippen LogP contribution >= 0.6 is 27.5 Å². The molecule has 0 amide bonds. The first-order valence-electron chi connectivity index (χ1n) is 5.01. The maximum atomic E-state index is 12.0. The van der Waals surface area contributed by atoms with Crippen molar-refractivity contribution >= 4 is 33.3 Å². The standard InChI is InChI=1S/C12H10BrClO2/c13-8-4-5-9(10(14)7-8)12(15)11-3-1-2-6-16-11/h3-5,7H,1-2,6H2.